The molecule has 0 amide bonds. The summed E-state index contributed by atoms with van der Waals surface area (Å²) in [7, 11) is 0. The van der Waals surface area contributed by atoms with Crippen LogP contribution in [-0.4, -0.2) is 23.4 Å². The maximum atomic E-state index is 13.0. The van der Waals surface area contributed by atoms with E-state index < -0.39 is 24.1 Å². The van der Waals surface area contributed by atoms with Gasteiger partial charge in [-0.05, 0) is 19.1 Å². The summed E-state index contributed by atoms with van der Waals surface area (Å²) in [4.78, 5) is 0. The SMILES string of the molecule is CC(O)(CNc1ccccc1F)C(F)(F)F. The minimum absolute atomic E-state index is 0.0768. The lowest BCUT2D eigenvalue weighted by Gasteiger charge is -2.26. The molecule has 2 N–H and O–H groups in total. The lowest BCUT2D eigenvalue weighted by Crippen LogP contribution is -2.47. The van der Waals surface area contributed by atoms with Crippen molar-refractivity contribution in [2.24, 2.45) is 0 Å². The minimum atomic E-state index is -4.76. The van der Waals surface area contributed by atoms with Crippen molar-refractivity contribution in [1.82, 2.24) is 0 Å². The third kappa shape index (κ3) is 2.85. The zero-order valence-electron chi connectivity index (χ0n) is 8.48. The van der Waals surface area contributed by atoms with E-state index in [9.17, 15) is 17.6 Å². The van der Waals surface area contributed by atoms with Crippen molar-refractivity contribution in [3.63, 3.8) is 0 Å². The Bertz CT molecular complexity index is 362. The molecule has 0 aromatic heterocycles. The molecule has 0 fully saturated rings. The molecule has 1 aromatic carbocycles. The van der Waals surface area contributed by atoms with E-state index in [0.717, 1.165) is 6.07 Å². The fourth-order valence-corrected chi connectivity index (χ4v) is 0.972. The van der Waals surface area contributed by atoms with E-state index in [1.807, 2.05) is 0 Å². The summed E-state index contributed by atoms with van der Waals surface area (Å²) in [5, 5.41) is 11.3. The first-order valence-electron chi connectivity index (χ1n) is 4.51. The standard InChI is InChI=1S/C10H11F4NO/c1-9(16,10(12,13)14)6-15-8-5-3-2-4-7(8)11/h2-5,15-16H,6H2,1H3. The van der Waals surface area contributed by atoms with Crippen molar-refractivity contribution in [2.45, 2.75) is 18.7 Å². The van der Waals surface area contributed by atoms with Crippen LogP contribution in [0, 0.1) is 5.82 Å². The van der Waals surface area contributed by atoms with Gasteiger partial charge in [-0.25, -0.2) is 4.39 Å². The van der Waals surface area contributed by atoms with Gasteiger partial charge in [-0.3, -0.25) is 0 Å². The average Bonchev–Trinajstić information content (AvgIpc) is 2.15. The predicted octanol–water partition coefficient (Wildman–Crippen LogP) is 2.55. The molecule has 0 aliphatic heterocycles. The highest BCUT2D eigenvalue weighted by atomic mass is 19.4. The Morgan fingerprint density at radius 1 is 1.25 bits per heavy atom. The van der Waals surface area contributed by atoms with Crippen LogP contribution in [0.3, 0.4) is 0 Å². The van der Waals surface area contributed by atoms with Gasteiger partial charge in [0, 0.05) is 0 Å². The molecule has 16 heavy (non-hydrogen) atoms. The molecule has 0 aliphatic carbocycles. The zero-order valence-corrected chi connectivity index (χ0v) is 8.48. The van der Waals surface area contributed by atoms with E-state index in [4.69, 9.17) is 5.11 Å². The first kappa shape index (κ1) is 12.8. The highest BCUT2D eigenvalue weighted by Gasteiger charge is 2.49. The molecule has 6 heteroatoms. The van der Waals surface area contributed by atoms with Gasteiger partial charge in [0.05, 0.1) is 12.2 Å². The Balaban J connectivity index is 2.69. The lowest BCUT2D eigenvalue weighted by molar-refractivity contribution is -0.246. The average molecular weight is 237 g/mol. The van der Waals surface area contributed by atoms with E-state index >= 15 is 0 Å². The van der Waals surface area contributed by atoms with E-state index in [0.29, 0.717) is 6.92 Å². The summed E-state index contributed by atoms with van der Waals surface area (Å²) in [6, 6.07) is 5.31. The largest absolute Gasteiger partial charge is 0.418 e. The van der Waals surface area contributed by atoms with Crippen molar-refractivity contribution < 1.29 is 22.7 Å². The van der Waals surface area contributed by atoms with Crippen LogP contribution in [0.25, 0.3) is 0 Å². The van der Waals surface area contributed by atoms with Crippen molar-refractivity contribution in [3.05, 3.63) is 30.1 Å². The fraction of sp³-hybridized carbons (Fsp3) is 0.400. The van der Waals surface area contributed by atoms with Crippen molar-refractivity contribution in [1.29, 1.82) is 0 Å². The monoisotopic (exact) mass is 237 g/mol. The number of anilines is 1. The smallest absolute Gasteiger partial charge is 0.379 e. The number of benzene rings is 1. The third-order valence-corrected chi connectivity index (χ3v) is 2.11. The van der Waals surface area contributed by atoms with Gasteiger partial charge >= 0.3 is 6.18 Å². The van der Waals surface area contributed by atoms with Crippen LogP contribution < -0.4 is 5.32 Å². The maximum absolute atomic E-state index is 13.0. The molecule has 0 radical (unpaired) electrons. The van der Waals surface area contributed by atoms with Crippen LogP contribution in [0.4, 0.5) is 23.2 Å². The molecular weight excluding hydrogens is 226 g/mol. The molecule has 0 saturated heterocycles. The third-order valence-electron chi connectivity index (χ3n) is 2.11. The topological polar surface area (TPSA) is 32.3 Å². The summed E-state index contributed by atoms with van der Waals surface area (Å²) in [5.74, 6) is -0.666. The van der Waals surface area contributed by atoms with Crippen LogP contribution in [0.2, 0.25) is 0 Å². The van der Waals surface area contributed by atoms with Crippen LogP contribution in [0.15, 0.2) is 24.3 Å². The van der Waals surface area contributed by atoms with Gasteiger partial charge in [-0.15, -0.1) is 0 Å². The number of aliphatic hydroxyl groups is 1. The highest BCUT2D eigenvalue weighted by Crippen LogP contribution is 2.30. The lowest BCUT2D eigenvalue weighted by atomic mass is 10.1. The molecule has 0 aliphatic rings. The van der Waals surface area contributed by atoms with Crippen molar-refractivity contribution in [2.75, 3.05) is 11.9 Å². The van der Waals surface area contributed by atoms with E-state index in [1.165, 1.54) is 18.2 Å². The normalized spacial score (nSPS) is 15.6. The number of halogens is 4. The first-order valence-corrected chi connectivity index (χ1v) is 4.51. The zero-order chi connectivity index (χ0) is 12.4. The van der Waals surface area contributed by atoms with Crippen molar-refractivity contribution >= 4 is 5.69 Å². The molecule has 90 valence electrons. The van der Waals surface area contributed by atoms with Crippen LogP contribution >= 0.6 is 0 Å². The molecule has 1 unspecified atom stereocenters. The van der Waals surface area contributed by atoms with Crippen molar-refractivity contribution in [3.8, 4) is 0 Å². The summed E-state index contributed by atoms with van der Waals surface area (Å²) in [5.41, 5.74) is -2.97. The van der Waals surface area contributed by atoms with E-state index in [-0.39, 0.29) is 5.69 Å². The molecule has 2 nitrogen and oxygen atoms in total. The van der Waals surface area contributed by atoms with Crippen LogP contribution in [-0.2, 0) is 0 Å². The van der Waals surface area contributed by atoms with Gasteiger partial charge < -0.3 is 10.4 Å². The Kier molecular flexibility index (Phi) is 3.42. The Morgan fingerprint density at radius 3 is 2.31 bits per heavy atom. The molecule has 0 heterocycles. The van der Waals surface area contributed by atoms with E-state index in [1.54, 1.807) is 0 Å². The number of hydrogen-bond donors (Lipinski definition) is 2. The number of nitrogens with one attached hydrogen (secondary N) is 1. The van der Waals surface area contributed by atoms with Gasteiger partial charge in [0.2, 0.25) is 0 Å². The van der Waals surface area contributed by atoms with Crippen LogP contribution in [0.1, 0.15) is 6.92 Å². The Hall–Kier alpha value is -1.30. The first-order chi connectivity index (χ1) is 7.24. The van der Waals surface area contributed by atoms with Gasteiger partial charge in [0.1, 0.15) is 5.82 Å². The van der Waals surface area contributed by atoms with Gasteiger partial charge in [0.15, 0.2) is 5.60 Å². The van der Waals surface area contributed by atoms with Gasteiger partial charge in [-0.1, -0.05) is 12.1 Å². The second-order valence-electron chi connectivity index (χ2n) is 3.61. The Labute approximate surface area is 89.9 Å². The summed E-state index contributed by atoms with van der Waals surface area (Å²) >= 11 is 0. The molecule has 0 bridgehead atoms. The number of rotatable bonds is 3. The van der Waals surface area contributed by atoms with Gasteiger partial charge in [0.25, 0.3) is 0 Å². The summed E-state index contributed by atoms with van der Waals surface area (Å²) < 4.78 is 49.8. The van der Waals surface area contributed by atoms with Crippen LogP contribution in [0.5, 0.6) is 0 Å². The minimum Gasteiger partial charge on any atom is -0.379 e. The molecule has 0 saturated carbocycles. The molecule has 1 rings (SSSR count). The predicted molar refractivity (Wildman–Crippen MR) is 51.6 cm³/mol. The highest BCUT2D eigenvalue weighted by molar-refractivity contribution is 5.44. The second kappa shape index (κ2) is 4.29. The molecular formula is C10H11F4NO. The summed E-state index contributed by atoms with van der Waals surface area (Å²) in [6.07, 6.45) is -4.76. The fourth-order valence-electron chi connectivity index (χ4n) is 0.972. The Morgan fingerprint density at radius 2 is 1.81 bits per heavy atom. The molecule has 1 aromatic rings. The molecule has 0 spiro atoms. The quantitative estimate of drug-likeness (QED) is 0.792. The maximum Gasteiger partial charge on any atom is 0.418 e. The van der Waals surface area contributed by atoms with Gasteiger partial charge in [-0.2, -0.15) is 13.2 Å². The second-order valence-corrected chi connectivity index (χ2v) is 3.61. The summed E-state index contributed by atoms with van der Waals surface area (Å²) in [6.45, 7) is -0.182. The molecule has 1 atom stereocenters. The number of para-hydroxylation sites is 1. The number of alkyl halides is 3. The number of hydrogen-bond acceptors (Lipinski definition) is 2. The van der Waals surface area contributed by atoms with E-state index in [2.05, 4.69) is 5.32 Å².